The first-order valence-corrected chi connectivity index (χ1v) is 8.14. The molecule has 1 fully saturated rings. The van der Waals surface area contributed by atoms with Crippen molar-refractivity contribution in [1.29, 1.82) is 0 Å². The number of hydrogen-bond donors (Lipinski definition) is 2. The zero-order chi connectivity index (χ0) is 16.9. The molecule has 4 rings (SSSR count). The van der Waals surface area contributed by atoms with Gasteiger partial charge < -0.3 is 5.32 Å². The van der Waals surface area contributed by atoms with Crippen LogP contribution in [-0.4, -0.2) is 11.8 Å². The second kappa shape index (κ2) is 5.36. The lowest BCUT2D eigenvalue weighted by Gasteiger charge is -2.32. The molecule has 120 valence electrons. The third-order valence-electron chi connectivity index (χ3n) is 4.60. The summed E-state index contributed by atoms with van der Waals surface area (Å²) in [5, 5.41) is 6.51. The molecule has 24 heavy (non-hydrogen) atoms. The second-order valence-corrected chi connectivity index (χ2v) is 6.56. The average molecular weight is 359 g/mol. The zero-order valence-electron chi connectivity index (χ0n) is 12.3. The first-order valence-electron chi connectivity index (χ1n) is 7.38. The molecule has 2 amide bonds. The Morgan fingerprint density at radius 1 is 0.917 bits per heavy atom. The van der Waals surface area contributed by atoms with Crippen LogP contribution in [0.25, 0.3) is 0 Å². The van der Waals surface area contributed by atoms with Crippen LogP contribution >= 0.6 is 23.2 Å². The topological polar surface area (TPSA) is 58.2 Å². The monoisotopic (exact) mass is 358 g/mol. The maximum Gasteiger partial charge on any atom is 0.256 e. The maximum absolute atomic E-state index is 12.9. The standard InChI is InChI=1S/C18H12Cl2N2O2/c19-13-7-3-1-5-10(13)15-18(11-6-2-4-8-14(11)20)12(9-21-15)16(23)22-17(18)24/h1-9,15,21H,(H,22,23,24). The van der Waals surface area contributed by atoms with Crippen LogP contribution in [0.3, 0.4) is 0 Å². The number of carbonyl (C=O) groups is 2. The van der Waals surface area contributed by atoms with Gasteiger partial charge in [0.1, 0.15) is 5.41 Å². The van der Waals surface area contributed by atoms with Crippen molar-refractivity contribution in [2.75, 3.05) is 0 Å². The van der Waals surface area contributed by atoms with E-state index in [4.69, 9.17) is 23.2 Å². The minimum atomic E-state index is -1.24. The molecule has 4 nitrogen and oxygen atoms in total. The van der Waals surface area contributed by atoms with E-state index in [1.807, 2.05) is 18.2 Å². The van der Waals surface area contributed by atoms with Crippen molar-refractivity contribution in [3.63, 3.8) is 0 Å². The van der Waals surface area contributed by atoms with Gasteiger partial charge in [-0.1, -0.05) is 59.6 Å². The third-order valence-corrected chi connectivity index (χ3v) is 5.27. The number of halogens is 2. The van der Waals surface area contributed by atoms with Gasteiger partial charge in [-0.25, -0.2) is 0 Å². The highest BCUT2D eigenvalue weighted by Crippen LogP contribution is 2.52. The Morgan fingerprint density at radius 2 is 1.58 bits per heavy atom. The molecule has 2 aromatic rings. The number of nitrogens with one attached hydrogen (secondary N) is 2. The number of benzene rings is 2. The largest absolute Gasteiger partial charge is 0.382 e. The first-order chi connectivity index (χ1) is 11.6. The SMILES string of the molecule is O=C1NC(=O)C2(c3ccccc3Cl)C1=CNC2c1ccccc1Cl. The van der Waals surface area contributed by atoms with Gasteiger partial charge in [-0.3, -0.25) is 14.9 Å². The van der Waals surface area contributed by atoms with Gasteiger partial charge in [-0.2, -0.15) is 0 Å². The molecule has 0 bridgehead atoms. The Balaban J connectivity index is 2.01. The van der Waals surface area contributed by atoms with Crippen molar-refractivity contribution in [3.8, 4) is 0 Å². The molecule has 0 spiro atoms. The lowest BCUT2D eigenvalue weighted by Crippen LogP contribution is -2.43. The van der Waals surface area contributed by atoms with Gasteiger partial charge in [-0.15, -0.1) is 0 Å². The number of rotatable bonds is 2. The van der Waals surface area contributed by atoms with E-state index in [1.165, 1.54) is 0 Å². The van der Waals surface area contributed by atoms with Crippen LogP contribution in [0.15, 0.2) is 60.3 Å². The van der Waals surface area contributed by atoms with E-state index in [0.29, 0.717) is 21.2 Å². The molecule has 0 aromatic heterocycles. The fourth-order valence-electron chi connectivity index (χ4n) is 3.56. The summed E-state index contributed by atoms with van der Waals surface area (Å²) in [5.74, 6) is -0.816. The van der Waals surface area contributed by atoms with E-state index in [0.717, 1.165) is 5.56 Å². The molecule has 0 saturated carbocycles. The molecule has 2 atom stereocenters. The fourth-order valence-corrected chi connectivity index (χ4v) is 4.09. The molecule has 2 heterocycles. The van der Waals surface area contributed by atoms with Crippen molar-refractivity contribution in [3.05, 3.63) is 81.5 Å². The minimum Gasteiger partial charge on any atom is -0.382 e. The van der Waals surface area contributed by atoms with Crippen LogP contribution in [0.5, 0.6) is 0 Å². The quantitative estimate of drug-likeness (QED) is 0.811. The van der Waals surface area contributed by atoms with Gasteiger partial charge in [-0.05, 0) is 23.3 Å². The highest BCUT2D eigenvalue weighted by atomic mass is 35.5. The number of amides is 2. The van der Waals surface area contributed by atoms with Crippen molar-refractivity contribution >= 4 is 35.0 Å². The smallest absolute Gasteiger partial charge is 0.256 e. The zero-order valence-corrected chi connectivity index (χ0v) is 13.9. The number of imide groups is 1. The molecule has 1 saturated heterocycles. The number of carbonyl (C=O) groups excluding carboxylic acids is 2. The molecule has 0 radical (unpaired) electrons. The summed E-state index contributed by atoms with van der Waals surface area (Å²) in [6.07, 6.45) is 1.58. The molecular weight excluding hydrogens is 347 g/mol. The Hall–Kier alpha value is -2.30. The van der Waals surface area contributed by atoms with E-state index >= 15 is 0 Å². The Morgan fingerprint density at radius 3 is 2.29 bits per heavy atom. The predicted octanol–water partition coefficient (Wildman–Crippen LogP) is 3.12. The van der Waals surface area contributed by atoms with Gasteiger partial charge in [0.15, 0.2) is 0 Å². The third kappa shape index (κ3) is 1.87. The maximum atomic E-state index is 12.9. The summed E-state index contributed by atoms with van der Waals surface area (Å²) in [4.78, 5) is 25.2. The second-order valence-electron chi connectivity index (χ2n) is 5.75. The van der Waals surface area contributed by atoms with Crippen LogP contribution in [-0.2, 0) is 15.0 Å². The van der Waals surface area contributed by atoms with Gasteiger partial charge in [0.2, 0.25) is 5.91 Å². The summed E-state index contributed by atoms with van der Waals surface area (Å²) in [5.41, 5.74) is 0.428. The number of hydrogen-bond acceptors (Lipinski definition) is 3. The van der Waals surface area contributed by atoms with Crippen LogP contribution < -0.4 is 10.6 Å². The lowest BCUT2D eigenvalue weighted by molar-refractivity contribution is -0.127. The van der Waals surface area contributed by atoms with Crippen molar-refractivity contribution in [2.24, 2.45) is 0 Å². The summed E-state index contributed by atoms with van der Waals surface area (Å²) in [6, 6.07) is 13.8. The Labute approximate surface area is 148 Å². The lowest BCUT2D eigenvalue weighted by atomic mass is 9.70. The molecule has 2 aliphatic heterocycles. The van der Waals surface area contributed by atoms with Gasteiger partial charge in [0.05, 0.1) is 11.6 Å². The van der Waals surface area contributed by atoms with E-state index in [9.17, 15) is 9.59 Å². The number of fused-ring (bicyclic) bond motifs is 1. The summed E-state index contributed by atoms with van der Waals surface area (Å²) < 4.78 is 0. The first kappa shape index (κ1) is 15.2. The van der Waals surface area contributed by atoms with E-state index in [2.05, 4.69) is 10.6 Å². The minimum absolute atomic E-state index is 0.352. The molecule has 6 heteroatoms. The molecule has 2 aromatic carbocycles. The molecular formula is C18H12Cl2N2O2. The Kier molecular flexibility index (Phi) is 3.41. The van der Waals surface area contributed by atoms with Gasteiger partial charge >= 0.3 is 0 Å². The molecule has 2 N–H and O–H groups in total. The summed E-state index contributed by atoms with van der Waals surface area (Å²) in [7, 11) is 0. The van der Waals surface area contributed by atoms with Crippen molar-refractivity contribution < 1.29 is 9.59 Å². The van der Waals surface area contributed by atoms with E-state index in [-0.39, 0.29) is 0 Å². The fraction of sp³-hybridized carbons (Fsp3) is 0.111. The summed E-state index contributed by atoms with van der Waals surface area (Å²) in [6.45, 7) is 0. The van der Waals surface area contributed by atoms with Crippen LogP contribution in [0.1, 0.15) is 17.2 Å². The normalized spacial score (nSPS) is 25.1. The highest BCUT2D eigenvalue weighted by Gasteiger charge is 2.61. The molecule has 0 aliphatic carbocycles. The van der Waals surface area contributed by atoms with Crippen molar-refractivity contribution in [2.45, 2.75) is 11.5 Å². The molecule has 2 aliphatic rings. The average Bonchev–Trinajstić information content (AvgIpc) is 3.06. The van der Waals surface area contributed by atoms with Crippen LogP contribution in [0, 0.1) is 0 Å². The Bertz CT molecular complexity index is 909. The van der Waals surface area contributed by atoms with E-state index < -0.39 is 23.3 Å². The van der Waals surface area contributed by atoms with Gasteiger partial charge in [0, 0.05) is 16.2 Å². The predicted molar refractivity (Wildman–Crippen MR) is 91.7 cm³/mol. The summed E-state index contributed by atoms with van der Waals surface area (Å²) >= 11 is 12.7. The van der Waals surface area contributed by atoms with E-state index in [1.54, 1.807) is 36.5 Å². The van der Waals surface area contributed by atoms with Crippen LogP contribution in [0.4, 0.5) is 0 Å². The highest BCUT2D eigenvalue weighted by molar-refractivity contribution is 6.33. The van der Waals surface area contributed by atoms with Gasteiger partial charge in [0.25, 0.3) is 5.91 Å². The van der Waals surface area contributed by atoms with Crippen molar-refractivity contribution in [1.82, 2.24) is 10.6 Å². The van der Waals surface area contributed by atoms with Crippen LogP contribution in [0.2, 0.25) is 10.0 Å². The molecule has 2 unspecified atom stereocenters.